The van der Waals surface area contributed by atoms with E-state index in [1.54, 1.807) is 24.3 Å². The number of thioether (sulfide) groups is 2. The molecule has 10 nitrogen and oxygen atoms in total. The second-order valence-electron chi connectivity index (χ2n) is 10.9. The molecular formula is C34H40N4O6S4. The number of amides is 4. The second-order valence-corrected chi connectivity index (χ2v) is 14.2. The molecule has 2 aliphatic rings. The van der Waals surface area contributed by atoms with Crippen LogP contribution in [0.1, 0.15) is 65.2 Å². The lowest BCUT2D eigenvalue weighted by Crippen LogP contribution is -2.31. The lowest BCUT2D eigenvalue weighted by Gasteiger charge is -2.14. The number of nitrogens with zero attached hydrogens (tertiary/aromatic N) is 2. The van der Waals surface area contributed by atoms with Crippen molar-refractivity contribution in [3.63, 3.8) is 0 Å². The van der Waals surface area contributed by atoms with Gasteiger partial charge < -0.3 is 20.1 Å². The SMILES string of the molecule is CCOc1ccc(NC(=O)CCCCCN2C(=O)C(=C3SC(=S)N(CCCCCC(=O)Nc4ccc(OCC)cc4)C3=O)SC2=S)cc1. The lowest BCUT2D eigenvalue weighted by molar-refractivity contribution is -0.124. The highest BCUT2D eigenvalue weighted by Gasteiger charge is 2.41. The summed E-state index contributed by atoms with van der Waals surface area (Å²) >= 11 is 13.2. The molecule has 0 atom stereocenters. The van der Waals surface area contributed by atoms with Gasteiger partial charge in [-0.2, -0.15) is 0 Å². The Labute approximate surface area is 300 Å². The minimum Gasteiger partial charge on any atom is -0.494 e. The fourth-order valence-corrected chi connectivity index (χ4v) is 7.74. The Kier molecular flexibility index (Phi) is 14.7. The summed E-state index contributed by atoms with van der Waals surface area (Å²) in [6, 6.07) is 14.5. The molecule has 0 spiro atoms. The van der Waals surface area contributed by atoms with Crippen molar-refractivity contribution in [1.29, 1.82) is 0 Å². The van der Waals surface area contributed by atoms with E-state index < -0.39 is 0 Å². The zero-order valence-corrected chi connectivity index (χ0v) is 30.3. The molecule has 2 heterocycles. The van der Waals surface area contributed by atoms with Gasteiger partial charge in [-0.3, -0.25) is 29.0 Å². The molecule has 0 saturated carbocycles. The van der Waals surface area contributed by atoms with Gasteiger partial charge in [-0.1, -0.05) is 60.8 Å². The molecule has 2 aliphatic heterocycles. The third kappa shape index (κ3) is 10.8. The zero-order chi connectivity index (χ0) is 34.5. The Hall–Kier alpha value is -3.46. The first-order valence-electron chi connectivity index (χ1n) is 16.1. The molecule has 48 heavy (non-hydrogen) atoms. The predicted molar refractivity (Wildman–Crippen MR) is 200 cm³/mol. The average Bonchev–Trinajstić information content (AvgIpc) is 3.51. The number of ether oxygens (including phenoxy) is 2. The van der Waals surface area contributed by atoms with Crippen LogP contribution in [0.25, 0.3) is 0 Å². The van der Waals surface area contributed by atoms with E-state index in [2.05, 4.69) is 10.6 Å². The maximum atomic E-state index is 13.3. The summed E-state index contributed by atoms with van der Waals surface area (Å²) < 4.78 is 11.7. The van der Waals surface area contributed by atoms with Gasteiger partial charge in [0.05, 0.1) is 23.0 Å². The van der Waals surface area contributed by atoms with E-state index in [0.29, 0.717) is 94.7 Å². The Morgan fingerprint density at radius 1 is 0.625 bits per heavy atom. The average molecular weight is 729 g/mol. The summed E-state index contributed by atoms with van der Waals surface area (Å²) in [6.07, 6.45) is 4.91. The van der Waals surface area contributed by atoms with Crippen molar-refractivity contribution in [3.05, 3.63) is 58.3 Å². The molecule has 0 unspecified atom stereocenters. The van der Waals surface area contributed by atoms with Crippen LogP contribution in [-0.2, 0) is 19.2 Å². The van der Waals surface area contributed by atoms with Gasteiger partial charge in [-0.15, -0.1) is 0 Å². The Morgan fingerprint density at radius 3 is 1.35 bits per heavy atom. The third-order valence-electron chi connectivity index (χ3n) is 7.37. The highest BCUT2D eigenvalue weighted by molar-refractivity contribution is 8.29. The van der Waals surface area contributed by atoms with Gasteiger partial charge in [0, 0.05) is 37.3 Å². The number of hydrogen-bond acceptors (Lipinski definition) is 10. The summed E-state index contributed by atoms with van der Waals surface area (Å²) in [7, 11) is 0. The molecule has 2 saturated heterocycles. The van der Waals surface area contributed by atoms with Gasteiger partial charge in [0.25, 0.3) is 11.8 Å². The number of benzene rings is 2. The summed E-state index contributed by atoms with van der Waals surface area (Å²) in [5.74, 6) is 0.804. The molecule has 0 aromatic heterocycles. The Bertz CT molecular complexity index is 1420. The number of hydrogen-bond donors (Lipinski definition) is 2. The fourth-order valence-electron chi connectivity index (χ4n) is 4.97. The molecule has 0 bridgehead atoms. The van der Waals surface area contributed by atoms with Gasteiger partial charge in [-0.05, 0) is 88.1 Å². The van der Waals surface area contributed by atoms with Crippen LogP contribution in [0.5, 0.6) is 11.5 Å². The van der Waals surface area contributed by atoms with Crippen LogP contribution < -0.4 is 20.1 Å². The summed E-state index contributed by atoms with van der Waals surface area (Å²) in [4.78, 5) is 54.9. The van der Waals surface area contributed by atoms with Gasteiger partial charge in [-0.25, -0.2) is 0 Å². The van der Waals surface area contributed by atoms with Crippen LogP contribution in [-0.4, -0.2) is 68.4 Å². The van der Waals surface area contributed by atoms with Crippen LogP contribution >= 0.6 is 48.0 Å². The molecule has 0 aliphatic carbocycles. The number of anilines is 2. The van der Waals surface area contributed by atoms with Crippen LogP contribution in [0.15, 0.2) is 58.3 Å². The highest BCUT2D eigenvalue weighted by atomic mass is 32.2. The first-order valence-corrected chi connectivity index (χ1v) is 18.5. The first-order chi connectivity index (χ1) is 23.2. The topological polar surface area (TPSA) is 117 Å². The summed E-state index contributed by atoms with van der Waals surface area (Å²) in [5, 5.41) is 5.77. The van der Waals surface area contributed by atoms with Crippen molar-refractivity contribution < 1.29 is 28.7 Å². The van der Waals surface area contributed by atoms with Crippen molar-refractivity contribution in [3.8, 4) is 11.5 Å². The zero-order valence-electron chi connectivity index (χ0n) is 27.1. The molecule has 4 rings (SSSR count). The normalized spacial score (nSPS) is 16.1. The molecule has 4 amide bonds. The van der Waals surface area contributed by atoms with Gasteiger partial charge >= 0.3 is 0 Å². The monoisotopic (exact) mass is 728 g/mol. The van der Waals surface area contributed by atoms with E-state index in [0.717, 1.165) is 47.9 Å². The van der Waals surface area contributed by atoms with Crippen molar-refractivity contribution in [2.75, 3.05) is 36.9 Å². The maximum absolute atomic E-state index is 13.3. The van der Waals surface area contributed by atoms with Crippen LogP contribution in [0.3, 0.4) is 0 Å². The van der Waals surface area contributed by atoms with Crippen molar-refractivity contribution in [2.24, 2.45) is 0 Å². The fraction of sp³-hybridized carbons (Fsp3) is 0.412. The lowest BCUT2D eigenvalue weighted by atomic mass is 10.1. The Balaban J connectivity index is 1.15. The molecule has 0 radical (unpaired) electrons. The number of carbonyl (C=O) groups excluding carboxylic acids is 4. The maximum Gasteiger partial charge on any atom is 0.267 e. The van der Waals surface area contributed by atoms with Crippen molar-refractivity contribution >= 4 is 91.6 Å². The molecule has 256 valence electrons. The van der Waals surface area contributed by atoms with Gasteiger partial charge in [0.15, 0.2) is 0 Å². The van der Waals surface area contributed by atoms with E-state index in [4.69, 9.17) is 33.9 Å². The van der Waals surface area contributed by atoms with Crippen molar-refractivity contribution in [2.45, 2.75) is 65.2 Å². The number of unbranched alkanes of at least 4 members (excludes halogenated alkanes) is 4. The number of carbonyl (C=O) groups is 4. The minimum atomic E-state index is -0.280. The molecule has 14 heteroatoms. The predicted octanol–water partition coefficient (Wildman–Crippen LogP) is 7.11. The molecule has 2 N–H and O–H groups in total. The van der Waals surface area contributed by atoms with Crippen LogP contribution in [0, 0.1) is 0 Å². The number of rotatable bonds is 18. The standard InChI is InChI=1S/C34H40N4O6S4/c1-3-43-25-17-13-23(14-18-25)35-27(39)11-7-5-9-21-37-31(41)29(47-33(37)45)30-32(42)38(34(46)48-30)22-10-6-8-12-28(40)36-24-15-19-26(20-16-24)44-4-2/h13-20H,3-12,21-22H2,1-2H3,(H,35,39)(H,36,40). The minimum absolute atomic E-state index is 0.0719. The van der Waals surface area contributed by atoms with E-state index >= 15 is 0 Å². The second kappa shape index (κ2) is 18.9. The first kappa shape index (κ1) is 37.4. The molecular weight excluding hydrogens is 689 g/mol. The molecule has 2 aromatic rings. The molecule has 2 fully saturated rings. The largest absolute Gasteiger partial charge is 0.494 e. The highest BCUT2D eigenvalue weighted by Crippen LogP contribution is 2.42. The van der Waals surface area contributed by atoms with Gasteiger partial charge in [0.1, 0.15) is 20.1 Å². The van der Waals surface area contributed by atoms with Crippen LogP contribution in [0.4, 0.5) is 11.4 Å². The number of thiocarbonyl (C=S) groups is 2. The van der Waals surface area contributed by atoms with E-state index in [1.165, 1.54) is 9.80 Å². The van der Waals surface area contributed by atoms with Gasteiger partial charge in [0.2, 0.25) is 11.8 Å². The van der Waals surface area contributed by atoms with E-state index in [1.807, 2.05) is 38.1 Å². The van der Waals surface area contributed by atoms with Crippen LogP contribution in [0.2, 0.25) is 0 Å². The van der Waals surface area contributed by atoms with Crippen molar-refractivity contribution in [1.82, 2.24) is 9.80 Å². The van der Waals surface area contributed by atoms with E-state index in [9.17, 15) is 19.2 Å². The molecule has 2 aromatic carbocycles. The summed E-state index contributed by atoms with van der Waals surface area (Å²) in [5.41, 5.74) is 1.43. The smallest absolute Gasteiger partial charge is 0.267 e. The third-order valence-corrected chi connectivity index (χ3v) is 10.4. The van der Waals surface area contributed by atoms with E-state index in [-0.39, 0.29) is 23.6 Å². The quantitative estimate of drug-likeness (QED) is 0.0935. The number of nitrogens with one attached hydrogen (secondary N) is 2. The summed E-state index contributed by atoms with van der Waals surface area (Å²) in [6.45, 7) is 5.83. The Morgan fingerprint density at radius 2 is 1.00 bits per heavy atom.